The lowest BCUT2D eigenvalue weighted by atomic mass is 9.91. The lowest BCUT2D eigenvalue weighted by Gasteiger charge is -2.44. The predicted octanol–water partition coefficient (Wildman–Crippen LogP) is 4.14. The van der Waals surface area contributed by atoms with Crippen LogP contribution in [0.4, 0.5) is 20.9 Å². The van der Waals surface area contributed by atoms with Crippen LogP contribution in [0.15, 0.2) is 36.4 Å². The molecule has 210 valence electrons. The van der Waals surface area contributed by atoms with Crippen LogP contribution < -0.4 is 9.80 Å². The van der Waals surface area contributed by atoms with E-state index in [1.807, 2.05) is 23.4 Å². The fourth-order valence-electron chi connectivity index (χ4n) is 6.34. The Labute approximate surface area is 241 Å². The molecule has 1 atom stereocenters. The smallest absolute Gasteiger partial charge is 0.226 e. The van der Waals surface area contributed by atoms with Crippen molar-refractivity contribution in [3.8, 4) is 17.3 Å². The zero-order valence-corrected chi connectivity index (χ0v) is 24.0. The molecule has 3 fully saturated rings. The van der Waals surface area contributed by atoms with E-state index in [0.717, 1.165) is 54.2 Å². The number of aliphatic hydroxyl groups excluding tert-OH is 1. The Morgan fingerprint density at radius 1 is 1.27 bits per heavy atom. The molecule has 5 heterocycles. The first-order chi connectivity index (χ1) is 19.7. The minimum atomic E-state index is -0.373. The number of carbonyl (C=O) groups excluding carboxylic acids is 1. The number of halogens is 1. The highest BCUT2D eigenvalue weighted by Gasteiger charge is 2.65. The van der Waals surface area contributed by atoms with Gasteiger partial charge in [-0.1, -0.05) is 18.3 Å². The van der Waals surface area contributed by atoms with E-state index in [-0.39, 0.29) is 29.2 Å². The molecule has 3 aromatic heterocycles. The predicted molar refractivity (Wildman–Crippen MR) is 155 cm³/mol. The van der Waals surface area contributed by atoms with Gasteiger partial charge in [-0.05, 0) is 56.2 Å². The van der Waals surface area contributed by atoms with Gasteiger partial charge in [0.15, 0.2) is 5.13 Å². The van der Waals surface area contributed by atoms with E-state index in [4.69, 9.17) is 10.1 Å². The molecule has 1 spiro atoms. The van der Waals surface area contributed by atoms with Gasteiger partial charge in [0.05, 0.1) is 23.0 Å². The highest BCUT2D eigenvalue weighted by Crippen LogP contribution is 2.60. The first-order valence-electron chi connectivity index (χ1n) is 13.9. The van der Waals surface area contributed by atoms with Crippen LogP contribution in [0.3, 0.4) is 0 Å². The Morgan fingerprint density at radius 3 is 2.66 bits per heavy atom. The van der Waals surface area contributed by atoms with E-state index in [0.29, 0.717) is 34.4 Å². The fourth-order valence-corrected chi connectivity index (χ4v) is 7.19. The van der Waals surface area contributed by atoms with Crippen molar-refractivity contribution in [1.29, 1.82) is 5.26 Å². The Kier molecular flexibility index (Phi) is 5.85. The van der Waals surface area contributed by atoms with Crippen molar-refractivity contribution < 1.29 is 14.3 Å². The van der Waals surface area contributed by atoms with Crippen LogP contribution in [-0.2, 0) is 11.2 Å². The number of aliphatic hydroxyl groups is 1. The maximum Gasteiger partial charge on any atom is 0.226 e. The molecule has 1 N–H and O–H groups in total. The number of nitriles is 1. The van der Waals surface area contributed by atoms with Gasteiger partial charge in [-0.3, -0.25) is 4.79 Å². The summed E-state index contributed by atoms with van der Waals surface area (Å²) in [6.45, 7) is 6.72. The van der Waals surface area contributed by atoms with Crippen LogP contribution >= 0.6 is 11.3 Å². The average molecular weight is 572 g/mol. The van der Waals surface area contributed by atoms with E-state index in [1.165, 1.54) is 23.5 Å². The van der Waals surface area contributed by atoms with Crippen molar-refractivity contribution in [1.82, 2.24) is 19.5 Å². The molecule has 2 aliphatic heterocycles. The average Bonchev–Trinajstić information content (AvgIpc) is 3.35. The van der Waals surface area contributed by atoms with Crippen LogP contribution in [0.25, 0.3) is 16.8 Å². The topological polar surface area (TPSA) is 101 Å². The molecule has 9 nitrogen and oxygen atoms in total. The number of thiazole rings is 1. The summed E-state index contributed by atoms with van der Waals surface area (Å²) in [7, 11) is 1.94. The molecule has 0 bridgehead atoms. The number of nitrogens with zero attached hydrogens (tertiary/aromatic N) is 7. The number of hydrogen-bond acceptors (Lipinski definition) is 8. The molecule has 1 aliphatic carbocycles. The third-order valence-corrected chi connectivity index (χ3v) is 9.81. The molecule has 41 heavy (non-hydrogen) atoms. The Balaban J connectivity index is 1.18. The number of anilines is 3. The zero-order valence-electron chi connectivity index (χ0n) is 23.1. The molecule has 1 aromatic carbocycles. The second-order valence-corrected chi connectivity index (χ2v) is 12.5. The number of carbonyl (C=O) groups is 1. The summed E-state index contributed by atoms with van der Waals surface area (Å²) in [6.07, 6.45) is 1.26. The number of likely N-dealkylation sites (tertiary alicyclic amines) is 1. The van der Waals surface area contributed by atoms with Gasteiger partial charge in [0.1, 0.15) is 22.5 Å². The third kappa shape index (κ3) is 4.08. The summed E-state index contributed by atoms with van der Waals surface area (Å²) in [5.74, 6) is -0.0825. The van der Waals surface area contributed by atoms with Gasteiger partial charge in [0, 0.05) is 61.5 Å². The number of aryl methyl sites for hydroxylation is 2. The number of amides is 1. The molecule has 3 aliphatic rings. The van der Waals surface area contributed by atoms with Gasteiger partial charge in [-0.15, -0.1) is 0 Å². The van der Waals surface area contributed by atoms with Gasteiger partial charge in [-0.2, -0.15) is 10.4 Å². The minimum absolute atomic E-state index is 0.0530. The summed E-state index contributed by atoms with van der Waals surface area (Å²) in [5.41, 5.74) is 6.21. The Morgan fingerprint density at radius 2 is 2.00 bits per heavy atom. The molecule has 11 heteroatoms. The van der Waals surface area contributed by atoms with Crippen LogP contribution in [0.1, 0.15) is 29.6 Å². The molecule has 7 rings (SSSR count). The van der Waals surface area contributed by atoms with Crippen molar-refractivity contribution in [2.45, 2.75) is 32.8 Å². The van der Waals surface area contributed by atoms with Gasteiger partial charge in [0.2, 0.25) is 5.91 Å². The molecular weight excluding hydrogens is 541 g/mol. The first-order valence-corrected chi connectivity index (χ1v) is 14.7. The number of aromatic nitrogens is 3. The number of hydrogen-bond donors (Lipinski definition) is 1. The highest BCUT2D eigenvalue weighted by atomic mass is 32.1. The third-order valence-electron chi connectivity index (χ3n) is 8.77. The lowest BCUT2D eigenvalue weighted by Crippen LogP contribution is -2.56. The van der Waals surface area contributed by atoms with Crippen LogP contribution in [-0.4, -0.2) is 69.8 Å². The van der Waals surface area contributed by atoms with E-state index >= 15 is 0 Å². The van der Waals surface area contributed by atoms with Gasteiger partial charge in [0.25, 0.3) is 0 Å². The summed E-state index contributed by atoms with van der Waals surface area (Å²) in [5, 5.41) is 25.0. The number of benzene rings is 1. The second-order valence-electron chi connectivity index (χ2n) is 11.5. The van der Waals surface area contributed by atoms with Crippen LogP contribution in [0.2, 0.25) is 0 Å². The van der Waals surface area contributed by atoms with E-state index < -0.39 is 0 Å². The van der Waals surface area contributed by atoms with Gasteiger partial charge < -0.3 is 19.8 Å². The van der Waals surface area contributed by atoms with E-state index in [1.54, 1.807) is 17.0 Å². The second kappa shape index (κ2) is 9.26. The molecule has 0 radical (unpaired) electrons. The molecule has 2 saturated heterocycles. The number of rotatable bonds is 6. The Bertz CT molecular complexity index is 1730. The van der Waals surface area contributed by atoms with Crippen molar-refractivity contribution in [2.24, 2.45) is 11.3 Å². The first kappa shape index (κ1) is 25.9. The number of fused-ring (bicyclic) bond motifs is 1. The van der Waals surface area contributed by atoms with Crippen molar-refractivity contribution >= 4 is 39.3 Å². The van der Waals surface area contributed by atoms with E-state index in [9.17, 15) is 19.6 Å². The maximum atomic E-state index is 13.5. The quantitative estimate of drug-likeness (QED) is 0.371. The summed E-state index contributed by atoms with van der Waals surface area (Å²) in [4.78, 5) is 24.2. The lowest BCUT2D eigenvalue weighted by molar-refractivity contribution is -0.143. The zero-order chi connectivity index (χ0) is 28.6. The summed E-state index contributed by atoms with van der Waals surface area (Å²) >= 11 is 1.30. The molecule has 1 saturated carbocycles. The molecular formula is C30H30FN7O2S. The van der Waals surface area contributed by atoms with Crippen molar-refractivity contribution in [3.63, 3.8) is 0 Å². The van der Waals surface area contributed by atoms with Gasteiger partial charge in [-0.25, -0.2) is 13.9 Å². The maximum absolute atomic E-state index is 13.5. The monoisotopic (exact) mass is 571 g/mol. The van der Waals surface area contributed by atoms with Gasteiger partial charge >= 0.3 is 0 Å². The fraction of sp³-hybridized carbons (Fsp3) is 0.400. The number of pyridine rings is 1. The van der Waals surface area contributed by atoms with Crippen molar-refractivity contribution in [2.75, 3.05) is 43.0 Å². The van der Waals surface area contributed by atoms with Crippen LogP contribution in [0.5, 0.6) is 0 Å². The summed E-state index contributed by atoms with van der Waals surface area (Å²) < 4.78 is 15.5. The highest BCUT2D eigenvalue weighted by molar-refractivity contribution is 7.16. The normalized spacial score (nSPS) is 19.3. The molecule has 1 unspecified atom stereocenters. The SMILES string of the molecule is CCc1nn2c(C)cc(N3CC4(CC4C(=O)N4CC(O)C4)C3)cc2c1N(C)c1nc(-c2ccc(F)cc2)c(C#N)s1. The van der Waals surface area contributed by atoms with E-state index in [2.05, 4.69) is 30.0 Å². The number of β-amino-alcohol motifs (C(OH)–C–C–N with tert-alkyl or cyclic N) is 1. The largest absolute Gasteiger partial charge is 0.389 e. The van der Waals surface area contributed by atoms with Crippen molar-refractivity contribution in [3.05, 3.63) is 58.5 Å². The van der Waals surface area contributed by atoms with Crippen LogP contribution in [0, 0.1) is 35.4 Å². The summed E-state index contributed by atoms with van der Waals surface area (Å²) in [6, 6.07) is 12.6. The Hall–Kier alpha value is -4.01. The standard InChI is InChI=1S/C30H30FN7O2S/c1-4-23-27(35(3)29-33-26(25(12-32)41-29)18-5-7-19(31)8-6-18)24-10-20(9-17(2)38(24)34-23)37-15-30(16-37)11-22(30)28(40)36-13-21(39)14-36/h5-10,21-22,39H,4,11,13-16H2,1-3H3. The molecule has 4 aromatic rings. The molecule has 1 amide bonds. The minimum Gasteiger partial charge on any atom is -0.389 e.